The van der Waals surface area contributed by atoms with Crippen LogP contribution in [0, 0.1) is 5.82 Å². The number of esters is 1. The number of alkyl halides is 3. The molecule has 7 nitrogen and oxygen atoms in total. The Hall–Kier alpha value is -3.83. The van der Waals surface area contributed by atoms with E-state index in [9.17, 15) is 32.3 Å². The molecule has 1 amide bonds. The van der Waals surface area contributed by atoms with Gasteiger partial charge in [-0.2, -0.15) is 13.2 Å². The SMILES string of the molecule is COC(=O)c1ccc(Oc2ccc(Cl)c(C(C)C(O)(c3ccc4c(c3)N(C)C(=O)CO4)C(F)(F)F)c2)cc1F. The fraction of sp³-hybridized carbons (Fsp3) is 0.259. The van der Waals surface area contributed by atoms with Crippen LogP contribution in [0.4, 0.5) is 23.2 Å². The van der Waals surface area contributed by atoms with E-state index in [-0.39, 0.29) is 45.7 Å². The van der Waals surface area contributed by atoms with Crippen molar-refractivity contribution in [3.8, 4) is 17.2 Å². The quantitative estimate of drug-likeness (QED) is 0.292. The zero-order valence-corrected chi connectivity index (χ0v) is 21.6. The summed E-state index contributed by atoms with van der Waals surface area (Å²) in [6.45, 7) is 0.884. The lowest BCUT2D eigenvalue weighted by molar-refractivity contribution is -0.274. The van der Waals surface area contributed by atoms with Gasteiger partial charge in [-0.3, -0.25) is 4.79 Å². The van der Waals surface area contributed by atoms with Crippen molar-refractivity contribution in [3.63, 3.8) is 0 Å². The van der Waals surface area contributed by atoms with Gasteiger partial charge in [0.1, 0.15) is 23.1 Å². The van der Waals surface area contributed by atoms with Crippen LogP contribution >= 0.6 is 11.6 Å². The molecule has 1 aliphatic rings. The molecule has 0 saturated heterocycles. The van der Waals surface area contributed by atoms with Crippen molar-refractivity contribution >= 4 is 29.2 Å². The van der Waals surface area contributed by atoms with Crippen molar-refractivity contribution in [1.29, 1.82) is 0 Å². The molecule has 0 fully saturated rings. The first-order chi connectivity index (χ1) is 18.3. The lowest BCUT2D eigenvalue weighted by Gasteiger charge is -2.38. The molecule has 0 radical (unpaired) electrons. The van der Waals surface area contributed by atoms with E-state index in [1.165, 1.54) is 37.4 Å². The van der Waals surface area contributed by atoms with Gasteiger partial charge in [0.15, 0.2) is 12.2 Å². The van der Waals surface area contributed by atoms with E-state index in [2.05, 4.69) is 4.74 Å². The monoisotopic (exact) mass is 567 g/mol. The maximum Gasteiger partial charge on any atom is 0.422 e. The van der Waals surface area contributed by atoms with Gasteiger partial charge in [-0.15, -0.1) is 0 Å². The molecule has 12 heteroatoms. The van der Waals surface area contributed by atoms with Gasteiger partial charge in [0.05, 0.1) is 18.4 Å². The Morgan fingerprint density at radius 3 is 2.41 bits per heavy atom. The van der Waals surface area contributed by atoms with Crippen molar-refractivity contribution in [2.75, 3.05) is 25.7 Å². The summed E-state index contributed by atoms with van der Waals surface area (Å²) in [6.07, 6.45) is -5.17. The molecule has 0 aromatic heterocycles. The number of likely N-dealkylation sites (N-methyl/N-ethyl adjacent to an activating group) is 1. The van der Waals surface area contributed by atoms with Crippen LogP contribution in [0.2, 0.25) is 5.02 Å². The molecule has 3 aromatic carbocycles. The minimum atomic E-state index is -5.17. The second kappa shape index (κ2) is 10.4. The predicted octanol–water partition coefficient (Wildman–Crippen LogP) is 5.97. The maximum absolute atomic E-state index is 14.6. The minimum absolute atomic E-state index is 0.000151. The number of fused-ring (bicyclic) bond motifs is 1. The Balaban J connectivity index is 1.73. The number of aliphatic hydroxyl groups is 1. The topological polar surface area (TPSA) is 85.3 Å². The number of ether oxygens (including phenoxy) is 3. The molecule has 2 unspecified atom stereocenters. The largest absolute Gasteiger partial charge is 0.482 e. The van der Waals surface area contributed by atoms with Crippen LogP contribution in [0.5, 0.6) is 17.2 Å². The third-order valence-corrected chi connectivity index (χ3v) is 6.90. The second-order valence-electron chi connectivity index (χ2n) is 8.83. The highest BCUT2D eigenvalue weighted by Crippen LogP contribution is 2.51. The first kappa shape index (κ1) is 28.2. The van der Waals surface area contributed by atoms with Crippen LogP contribution in [0.1, 0.15) is 34.3 Å². The second-order valence-corrected chi connectivity index (χ2v) is 9.24. The molecule has 2 atom stereocenters. The summed E-state index contributed by atoms with van der Waals surface area (Å²) in [7, 11) is 2.49. The summed E-state index contributed by atoms with van der Waals surface area (Å²) in [4.78, 5) is 24.8. The number of anilines is 1. The average Bonchev–Trinajstić information content (AvgIpc) is 2.90. The normalized spacial score (nSPS) is 15.6. The molecule has 4 rings (SSSR count). The molecule has 0 aliphatic carbocycles. The number of amides is 1. The number of halogens is 5. The van der Waals surface area contributed by atoms with Crippen LogP contribution in [0.3, 0.4) is 0 Å². The molecule has 0 saturated carbocycles. The number of rotatable bonds is 6. The molecular formula is C27H22ClF4NO6. The standard InChI is InChI=1S/C27H22ClF4NO6/c1-14(26(36,27(30,31)32)15-4-9-23-22(10-15)33(2)24(34)13-38-23)19-11-16(6-8-20(19)28)39-17-5-7-18(21(29)12-17)25(35)37-3/h4-12,14,36H,13H2,1-3H3. The molecule has 0 bridgehead atoms. The van der Waals surface area contributed by atoms with Crippen molar-refractivity contribution < 1.29 is 46.5 Å². The smallest absolute Gasteiger partial charge is 0.422 e. The fourth-order valence-corrected chi connectivity index (χ4v) is 4.56. The highest BCUT2D eigenvalue weighted by Gasteiger charge is 2.59. The number of benzene rings is 3. The molecule has 206 valence electrons. The minimum Gasteiger partial charge on any atom is -0.482 e. The number of methoxy groups -OCH3 is 1. The van der Waals surface area contributed by atoms with Crippen molar-refractivity contribution in [3.05, 3.63) is 82.1 Å². The van der Waals surface area contributed by atoms with E-state index in [0.717, 1.165) is 43.2 Å². The van der Waals surface area contributed by atoms with E-state index in [1.807, 2.05) is 0 Å². The Kier molecular flexibility index (Phi) is 7.50. The van der Waals surface area contributed by atoms with Crippen LogP contribution in [-0.4, -0.2) is 43.9 Å². The Morgan fingerprint density at radius 1 is 1.10 bits per heavy atom. The van der Waals surface area contributed by atoms with Crippen LogP contribution in [0.15, 0.2) is 54.6 Å². The summed E-state index contributed by atoms with van der Waals surface area (Å²) in [5, 5.41) is 11.2. The summed E-state index contributed by atoms with van der Waals surface area (Å²) in [5.74, 6) is -3.81. The number of carbonyl (C=O) groups excluding carboxylic acids is 2. The van der Waals surface area contributed by atoms with Gasteiger partial charge in [0, 0.05) is 24.1 Å². The molecule has 1 heterocycles. The van der Waals surface area contributed by atoms with Gasteiger partial charge in [-0.1, -0.05) is 24.6 Å². The Morgan fingerprint density at radius 2 is 1.77 bits per heavy atom. The van der Waals surface area contributed by atoms with E-state index >= 15 is 0 Å². The van der Waals surface area contributed by atoms with Gasteiger partial charge < -0.3 is 24.2 Å². The highest BCUT2D eigenvalue weighted by atomic mass is 35.5. The first-order valence-electron chi connectivity index (χ1n) is 11.5. The molecule has 3 aromatic rings. The molecule has 1 aliphatic heterocycles. The lowest BCUT2D eigenvalue weighted by Crippen LogP contribution is -2.47. The summed E-state index contributed by atoms with van der Waals surface area (Å²) >= 11 is 6.27. The number of carbonyl (C=O) groups is 2. The van der Waals surface area contributed by atoms with Gasteiger partial charge in [0.25, 0.3) is 5.91 Å². The van der Waals surface area contributed by atoms with Gasteiger partial charge in [0.2, 0.25) is 0 Å². The van der Waals surface area contributed by atoms with E-state index in [0.29, 0.717) is 0 Å². The Labute approximate surface area is 225 Å². The van der Waals surface area contributed by atoms with Gasteiger partial charge in [-0.05, 0) is 53.6 Å². The van der Waals surface area contributed by atoms with E-state index in [4.69, 9.17) is 21.1 Å². The predicted molar refractivity (Wildman–Crippen MR) is 133 cm³/mol. The zero-order chi connectivity index (χ0) is 28.7. The summed E-state index contributed by atoms with van der Waals surface area (Å²) in [5.41, 5.74) is -4.35. The number of nitrogens with zero attached hydrogens (tertiary/aromatic N) is 1. The van der Waals surface area contributed by atoms with Gasteiger partial charge >= 0.3 is 12.1 Å². The molecule has 0 spiro atoms. The molecule has 1 N–H and O–H groups in total. The summed E-state index contributed by atoms with van der Waals surface area (Å²) in [6, 6.07) is 10.6. The van der Waals surface area contributed by atoms with E-state index in [1.54, 1.807) is 0 Å². The molecular weight excluding hydrogens is 546 g/mol. The number of hydrogen-bond acceptors (Lipinski definition) is 6. The van der Waals surface area contributed by atoms with Crippen molar-refractivity contribution in [2.24, 2.45) is 0 Å². The third kappa shape index (κ3) is 5.11. The third-order valence-electron chi connectivity index (χ3n) is 6.56. The van der Waals surface area contributed by atoms with Crippen LogP contribution < -0.4 is 14.4 Å². The van der Waals surface area contributed by atoms with Gasteiger partial charge in [-0.25, -0.2) is 9.18 Å². The van der Waals surface area contributed by atoms with Crippen LogP contribution in [-0.2, 0) is 15.1 Å². The maximum atomic E-state index is 14.6. The van der Waals surface area contributed by atoms with Crippen molar-refractivity contribution in [1.82, 2.24) is 0 Å². The van der Waals surface area contributed by atoms with Crippen molar-refractivity contribution in [2.45, 2.75) is 24.6 Å². The first-order valence-corrected chi connectivity index (χ1v) is 11.8. The lowest BCUT2D eigenvalue weighted by atomic mass is 9.77. The summed E-state index contributed by atoms with van der Waals surface area (Å²) < 4.78 is 73.4. The fourth-order valence-electron chi connectivity index (χ4n) is 4.28. The van der Waals surface area contributed by atoms with Crippen LogP contribution in [0.25, 0.3) is 0 Å². The Bertz CT molecular complexity index is 1450. The highest BCUT2D eigenvalue weighted by molar-refractivity contribution is 6.31. The zero-order valence-electron chi connectivity index (χ0n) is 20.8. The average molecular weight is 568 g/mol. The number of hydrogen-bond donors (Lipinski definition) is 1. The van der Waals surface area contributed by atoms with E-state index < -0.39 is 41.0 Å². The molecule has 39 heavy (non-hydrogen) atoms.